The quantitative estimate of drug-likeness (QED) is 0.674. The molecule has 0 saturated carbocycles. The molecule has 0 aromatic rings. The van der Waals surface area contributed by atoms with Crippen LogP contribution in [0.1, 0.15) is 27.7 Å². The van der Waals surface area contributed by atoms with E-state index in [1.54, 1.807) is 0 Å². The zero-order valence-electron chi connectivity index (χ0n) is 17.4. The van der Waals surface area contributed by atoms with E-state index in [4.69, 9.17) is 10.5 Å². The smallest absolute Gasteiger partial charge is 0.277 e. The maximum Gasteiger partial charge on any atom is 0.342 e. The van der Waals surface area contributed by atoms with E-state index in [1.165, 1.54) is 0 Å². The van der Waals surface area contributed by atoms with Gasteiger partial charge in [-0.05, 0) is 26.7 Å². The van der Waals surface area contributed by atoms with Crippen molar-refractivity contribution in [2.45, 2.75) is 52.1 Å². The largest absolute Gasteiger partial charge is 0.342 e. The van der Waals surface area contributed by atoms with Crippen molar-refractivity contribution in [2.24, 2.45) is 5.92 Å². The number of nitriles is 3. The topological polar surface area (TPSA) is 88.7 Å². The lowest BCUT2D eigenvalue weighted by Gasteiger charge is -2.42. The van der Waals surface area contributed by atoms with Crippen LogP contribution >= 0.6 is 0 Å². The molecule has 0 aromatic carbocycles. The molecule has 5 atom stereocenters. The molecule has 150 valence electrons. The fraction of sp³-hybridized carbons (Fsp3) is 0.800. The second-order valence-electron chi connectivity index (χ2n) is 7.92. The van der Waals surface area contributed by atoms with Gasteiger partial charge < -0.3 is 0 Å². The van der Waals surface area contributed by atoms with Crippen molar-refractivity contribution in [1.82, 2.24) is 19.6 Å². The van der Waals surface area contributed by atoms with E-state index in [-0.39, 0.29) is 24.4 Å². The van der Waals surface area contributed by atoms with Crippen molar-refractivity contribution >= 4 is 0 Å². The third-order valence-corrected chi connectivity index (χ3v) is 6.04. The Morgan fingerprint density at radius 3 is 1.93 bits per heavy atom. The van der Waals surface area contributed by atoms with Gasteiger partial charge in [0.25, 0.3) is 6.07 Å². The highest BCUT2D eigenvalue weighted by atomic mass is 15.4. The van der Waals surface area contributed by atoms with Crippen LogP contribution in [0.15, 0.2) is 0 Å². The van der Waals surface area contributed by atoms with Crippen LogP contribution in [0.3, 0.4) is 0 Å². The summed E-state index contributed by atoms with van der Waals surface area (Å²) >= 11 is 0. The minimum absolute atomic E-state index is 0.136. The molecule has 2 fully saturated rings. The molecule has 0 radical (unpaired) electrons. The maximum atomic E-state index is 9.22. The van der Waals surface area contributed by atoms with E-state index >= 15 is 0 Å². The van der Waals surface area contributed by atoms with Gasteiger partial charge in [-0.1, -0.05) is 11.8 Å². The highest BCUT2D eigenvalue weighted by Gasteiger charge is 2.42. The molecule has 2 heterocycles. The summed E-state index contributed by atoms with van der Waals surface area (Å²) in [6.07, 6.45) is 0.00100. The molecule has 2 rings (SSSR count). The fourth-order valence-electron chi connectivity index (χ4n) is 4.20. The Bertz CT molecular complexity index is 705. The molecule has 2 aliphatic rings. The molecule has 0 aliphatic carbocycles. The van der Waals surface area contributed by atoms with Crippen LogP contribution < -0.4 is 0 Å². The van der Waals surface area contributed by atoms with Gasteiger partial charge in [-0.2, -0.15) is 15.8 Å². The molecule has 0 bridgehead atoms. The van der Waals surface area contributed by atoms with Crippen LogP contribution in [0.4, 0.5) is 0 Å². The van der Waals surface area contributed by atoms with Gasteiger partial charge in [0.05, 0.1) is 50.6 Å². The molecule has 8 heteroatoms. The van der Waals surface area contributed by atoms with E-state index in [0.29, 0.717) is 38.6 Å². The Hall–Kier alpha value is -2.20. The Labute approximate surface area is 168 Å². The van der Waals surface area contributed by atoms with Crippen molar-refractivity contribution in [3.05, 3.63) is 4.85 Å². The van der Waals surface area contributed by atoms with Gasteiger partial charge >= 0.3 is 6.17 Å². The second kappa shape index (κ2) is 10.4. The average Bonchev–Trinajstić information content (AvgIpc) is 2.66. The Morgan fingerprint density at radius 2 is 1.32 bits per heavy atom. The van der Waals surface area contributed by atoms with E-state index in [9.17, 15) is 5.26 Å². The van der Waals surface area contributed by atoms with Crippen molar-refractivity contribution in [2.75, 3.05) is 45.8 Å². The fourth-order valence-corrected chi connectivity index (χ4v) is 4.20. The molecular weight excluding hydrogens is 352 g/mol. The zero-order valence-corrected chi connectivity index (χ0v) is 17.4. The predicted molar refractivity (Wildman–Crippen MR) is 107 cm³/mol. The second-order valence-corrected chi connectivity index (χ2v) is 7.92. The van der Waals surface area contributed by atoms with E-state index in [1.807, 2.05) is 0 Å². The first-order valence-electron chi connectivity index (χ1n) is 9.94. The first kappa shape index (κ1) is 22.1. The lowest BCUT2D eigenvalue weighted by Crippen LogP contribution is -2.61. The van der Waals surface area contributed by atoms with E-state index in [2.05, 4.69) is 76.4 Å². The number of hydrogen-bond acceptors (Lipinski definition) is 7. The number of nitrogens with zero attached hydrogens (tertiary/aromatic N) is 8. The summed E-state index contributed by atoms with van der Waals surface area (Å²) in [5.74, 6) is 0.489. The van der Waals surface area contributed by atoms with Crippen LogP contribution in [0.25, 0.3) is 4.85 Å². The van der Waals surface area contributed by atoms with Crippen LogP contribution in [-0.2, 0) is 0 Å². The molecule has 0 amide bonds. The highest BCUT2D eigenvalue weighted by Crippen LogP contribution is 2.22. The predicted octanol–water partition coefficient (Wildman–Crippen LogP) is 1.21. The monoisotopic (exact) mass is 383 g/mol. The highest BCUT2D eigenvalue weighted by molar-refractivity contribution is 5.05. The van der Waals surface area contributed by atoms with Crippen LogP contribution in [0.2, 0.25) is 0 Å². The minimum Gasteiger partial charge on any atom is -0.277 e. The first-order valence-corrected chi connectivity index (χ1v) is 9.94. The molecule has 2 aliphatic heterocycles. The minimum atomic E-state index is -0.174. The van der Waals surface area contributed by atoms with Crippen molar-refractivity contribution in [3.63, 3.8) is 0 Å². The molecule has 2 saturated heterocycles. The zero-order chi connectivity index (χ0) is 20.7. The van der Waals surface area contributed by atoms with Gasteiger partial charge in [-0.25, -0.2) is 4.90 Å². The normalized spacial score (nSPS) is 32.5. The molecule has 0 N–H and O–H groups in total. The van der Waals surface area contributed by atoms with Gasteiger partial charge in [0.2, 0.25) is 0 Å². The van der Waals surface area contributed by atoms with E-state index in [0.717, 1.165) is 13.1 Å². The number of hydrogen-bond donors (Lipinski definition) is 0. The van der Waals surface area contributed by atoms with Gasteiger partial charge in [0.1, 0.15) is 6.54 Å². The van der Waals surface area contributed by atoms with Crippen LogP contribution in [-0.4, -0.2) is 89.8 Å². The van der Waals surface area contributed by atoms with Gasteiger partial charge in [0, 0.05) is 25.2 Å². The van der Waals surface area contributed by atoms with Crippen molar-refractivity contribution in [1.29, 1.82) is 15.8 Å². The molecular formula is C20H31N8+. The Morgan fingerprint density at radius 1 is 0.750 bits per heavy atom. The lowest BCUT2D eigenvalue weighted by atomic mass is 10.0. The standard InChI is InChI=1S/C20H31N8/c1-16-13-26(10-6-22)19(4)27(14-16)12-8-24-20-15-25(9-5-21)17(2)18(3)28(20)11-7-23/h16-20H,9-15H2,1-4H3/q+1. The molecule has 0 aromatic heterocycles. The third kappa shape index (κ3) is 5.20. The summed E-state index contributed by atoms with van der Waals surface area (Å²) in [6.45, 7) is 12.7. The molecule has 5 unspecified atom stereocenters. The summed E-state index contributed by atoms with van der Waals surface area (Å²) in [5.41, 5.74) is 0. The first-order chi connectivity index (χ1) is 13.4. The summed E-state index contributed by atoms with van der Waals surface area (Å²) in [5, 5.41) is 27.4. The maximum absolute atomic E-state index is 9.22. The van der Waals surface area contributed by atoms with Crippen LogP contribution in [0.5, 0.6) is 0 Å². The van der Waals surface area contributed by atoms with Crippen LogP contribution in [0, 0.1) is 46.0 Å². The van der Waals surface area contributed by atoms with Crippen molar-refractivity contribution in [3.8, 4) is 24.3 Å². The summed E-state index contributed by atoms with van der Waals surface area (Å²) in [4.78, 5) is 13.3. The molecule has 8 nitrogen and oxygen atoms in total. The number of rotatable bonds is 4. The van der Waals surface area contributed by atoms with Gasteiger partial charge in [-0.15, -0.1) is 0 Å². The van der Waals surface area contributed by atoms with Gasteiger partial charge in [0.15, 0.2) is 0 Å². The Kier molecular flexibility index (Phi) is 8.18. The average molecular weight is 384 g/mol. The lowest BCUT2D eigenvalue weighted by molar-refractivity contribution is 0.00729. The Balaban J connectivity index is 2.10. The SMILES string of the molecule is CC1CN(CC#N)C(C)N(CC#[N+]C2CN(CC#N)C(C)C(C)N2CC#N)C1. The van der Waals surface area contributed by atoms with Gasteiger partial charge in [-0.3, -0.25) is 14.7 Å². The van der Waals surface area contributed by atoms with Crippen molar-refractivity contribution < 1.29 is 0 Å². The molecule has 28 heavy (non-hydrogen) atoms. The summed E-state index contributed by atoms with van der Waals surface area (Å²) in [7, 11) is 0. The summed E-state index contributed by atoms with van der Waals surface area (Å²) < 4.78 is 0. The third-order valence-electron chi connectivity index (χ3n) is 6.04. The van der Waals surface area contributed by atoms with E-state index < -0.39 is 0 Å². The summed E-state index contributed by atoms with van der Waals surface area (Å²) in [6, 6.07) is 10.3. The number of piperazine rings is 1. The molecule has 0 spiro atoms.